The van der Waals surface area contributed by atoms with E-state index in [4.69, 9.17) is 0 Å². The van der Waals surface area contributed by atoms with E-state index < -0.39 is 0 Å². The molecule has 84 valence electrons. The summed E-state index contributed by atoms with van der Waals surface area (Å²) in [6.07, 6.45) is 4.80. The van der Waals surface area contributed by atoms with Gasteiger partial charge < -0.3 is 0 Å². The van der Waals surface area contributed by atoms with E-state index in [-0.39, 0.29) is 0 Å². The SMILES string of the molecule is CC(C)C1CC2CC1C1C3CC(C)C3C21. The summed E-state index contributed by atoms with van der Waals surface area (Å²) in [7, 11) is 0. The highest BCUT2D eigenvalue weighted by Crippen LogP contribution is 2.75. The van der Waals surface area contributed by atoms with E-state index in [1.165, 1.54) is 23.7 Å². The summed E-state index contributed by atoms with van der Waals surface area (Å²) in [5.41, 5.74) is 0. The van der Waals surface area contributed by atoms with Crippen LogP contribution in [-0.2, 0) is 0 Å². The van der Waals surface area contributed by atoms with Crippen molar-refractivity contribution in [3.05, 3.63) is 0 Å². The summed E-state index contributed by atoms with van der Waals surface area (Å²) in [6.45, 7) is 7.42. The first kappa shape index (κ1) is 9.07. The third-order valence-electron chi connectivity index (χ3n) is 6.77. The van der Waals surface area contributed by atoms with Gasteiger partial charge in [0, 0.05) is 0 Å². The Hall–Kier alpha value is 0. The average Bonchev–Trinajstić information content (AvgIpc) is 2.67. The third-order valence-corrected chi connectivity index (χ3v) is 6.77. The Labute approximate surface area is 93.8 Å². The van der Waals surface area contributed by atoms with Crippen LogP contribution in [0.15, 0.2) is 0 Å². The van der Waals surface area contributed by atoms with Crippen molar-refractivity contribution in [3.63, 3.8) is 0 Å². The maximum absolute atomic E-state index is 2.50. The molecule has 0 aromatic carbocycles. The van der Waals surface area contributed by atoms with Gasteiger partial charge in [-0.2, -0.15) is 0 Å². The largest absolute Gasteiger partial charge is 0.0625 e. The topological polar surface area (TPSA) is 0 Å². The van der Waals surface area contributed by atoms with Crippen LogP contribution in [0.3, 0.4) is 0 Å². The minimum atomic E-state index is 0.956. The molecule has 0 N–H and O–H groups in total. The van der Waals surface area contributed by atoms with Crippen molar-refractivity contribution in [3.8, 4) is 0 Å². The maximum Gasteiger partial charge on any atom is -0.0318 e. The maximum atomic E-state index is 2.50. The number of rotatable bonds is 1. The molecular weight excluding hydrogens is 180 g/mol. The number of hydrogen-bond acceptors (Lipinski definition) is 0. The van der Waals surface area contributed by atoms with Crippen molar-refractivity contribution in [1.82, 2.24) is 0 Å². The molecule has 4 rings (SSSR count). The Morgan fingerprint density at radius 2 is 1.67 bits per heavy atom. The minimum absolute atomic E-state index is 0.956. The van der Waals surface area contributed by atoms with Crippen molar-refractivity contribution in [2.45, 2.75) is 40.0 Å². The highest BCUT2D eigenvalue weighted by molar-refractivity contribution is 5.17. The molecule has 4 aliphatic carbocycles. The third kappa shape index (κ3) is 0.875. The van der Waals surface area contributed by atoms with Crippen LogP contribution in [0.1, 0.15) is 40.0 Å². The fourth-order valence-electron chi connectivity index (χ4n) is 6.34. The fraction of sp³-hybridized carbons (Fsp3) is 1.00. The lowest BCUT2D eigenvalue weighted by atomic mass is 9.39. The van der Waals surface area contributed by atoms with Gasteiger partial charge in [-0.25, -0.2) is 0 Å². The first-order chi connectivity index (χ1) is 7.18. The van der Waals surface area contributed by atoms with Gasteiger partial charge in [0.25, 0.3) is 0 Å². The van der Waals surface area contributed by atoms with Gasteiger partial charge in [0.05, 0.1) is 0 Å². The number of hydrogen-bond donors (Lipinski definition) is 0. The number of fused-ring (bicyclic) bond motifs is 8. The molecule has 15 heavy (non-hydrogen) atoms. The zero-order valence-electron chi connectivity index (χ0n) is 10.3. The van der Waals surface area contributed by atoms with Crippen LogP contribution in [0.25, 0.3) is 0 Å². The van der Waals surface area contributed by atoms with Gasteiger partial charge in [0.1, 0.15) is 0 Å². The summed E-state index contributed by atoms with van der Waals surface area (Å²) < 4.78 is 0. The van der Waals surface area contributed by atoms with Crippen LogP contribution in [0.5, 0.6) is 0 Å². The highest BCUT2D eigenvalue weighted by Gasteiger charge is 2.69. The smallest absolute Gasteiger partial charge is 0.0318 e. The van der Waals surface area contributed by atoms with Crippen LogP contribution < -0.4 is 0 Å². The monoisotopic (exact) mass is 204 g/mol. The lowest BCUT2D eigenvalue weighted by Gasteiger charge is -2.66. The van der Waals surface area contributed by atoms with E-state index in [1.807, 2.05) is 0 Å². The Balaban J connectivity index is 1.59. The molecule has 0 aromatic rings. The molecule has 0 heteroatoms. The van der Waals surface area contributed by atoms with E-state index in [2.05, 4.69) is 20.8 Å². The molecular formula is C15H24. The lowest BCUT2D eigenvalue weighted by molar-refractivity contribution is -0.180. The summed E-state index contributed by atoms with van der Waals surface area (Å²) in [6, 6.07) is 0. The van der Waals surface area contributed by atoms with E-state index in [0.717, 1.165) is 29.6 Å². The van der Waals surface area contributed by atoms with Crippen molar-refractivity contribution in [2.75, 3.05) is 0 Å². The van der Waals surface area contributed by atoms with Crippen molar-refractivity contribution in [1.29, 1.82) is 0 Å². The normalized spacial score (nSPS) is 64.8. The van der Waals surface area contributed by atoms with Gasteiger partial charge in [-0.15, -0.1) is 0 Å². The second kappa shape index (κ2) is 2.63. The molecule has 0 nitrogen and oxygen atoms in total. The molecule has 4 saturated carbocycles. The summed E-state index contributed by atoms with van der Waals surface area (Å²) in [5, 5.41) is 0. The first-order valence-electron chi connectivity index (χ1n) is 7.18. The van der Waals surface area contributed by atoms with Gasteiger partial charge in [-0.1, -0.05) is 20.8 Å². The van der Waals surface area contributed by atoms with Crippen LogP contribution in [-0.4, -0.2) is 0 Å². The van der Waals surface area contributed by atoms with Gasteiger partial charge in [0.15, 0.2) is 0 Å². The predicted molar refractivity (Wildman–Crippen MR) is 62.3 cm³/mol. The van der Waals surface area contributed by atoms with Crippen molar-refractivity contribution >= 4 is 0 Å². The van der Waals surface area contributed by atoms with Gasteiger partial charge in [-0.05, 0) is 72.5 Å². The molecule has 4 fully saturated rings. The molecule has 2 bridgehead atoms. The van der Waals surface area contributed by atoms with Gasteiger partial charge in [-0.3, -0.25) is 0 Å². The summed E-state index contributed by atoms with van der Waals surface area (Å²) >= 11 is 0. The van der Waals surface area contributed by atoms with Gasteiger partial charge >= 0.3 is 0 Å². The minimum Gasteiger partial charge on any atom is -0.0625 e. The van der Waals surface area contributed by atoms with Crippen LogP contribution >= 0.6 is 0 Å². The van der Waals surface area contributed by atoms with Crippen molar-refractivity contribution in [2.24, 2.45) is 53.3 Å². The second-order valence-corrected chi connectivity index (χ2v) is 7.41. The van der Waals surface area contributed by atoms with Crippen molar-refractivity contribution < 1.29 is 0 Å². The molecule has 0 aromatic heterocycles. The van der Waals surface area contributed by atoms with Gasteiger partial charge in [0.2, 0.25) is 0 Å². The first-order valence-corrected chi connectivity index (χ1v) is 7.18. The molecule has 0 radical (unpaired) electrons. The Morgan fingerprint density at radius 1 is 0.867 bits per heavy atom. The lowest BCUT2D eigenvalue weighted by Crippen LogP contribution is -2.61. The molecule has 8 unspecified atom stereocenters. The molecule has 4 aliphatic rings. The Morgan fingerprint density at radius 3 is 2.33 bits per heavy atom. The van der Waals surface area contributed by atoms with E-state index >= 15 is 0 Å². The zero-order valence-corrected chi connectivity index (χ0v) is 10.3. The van der Waals surface area contributed by atoms with Crippen LogP contribution in [0.4, 0.5) is 0 Å². The molecule has 0 amide bonds. The fourth-order valence-corrected chi connectivity index (χ4v) is 6.34. The Kier molecular flexibility index (Phi) is 1.59. The molecule has 8 atom stereocenters. The summed E-state index contributed by atoms with van der Waals surface area (Å²) in [4.78, 5) is 0. The van der Waals surface area contributed by atoms with Crippen LogP contribution in [0, 0.1) is 53.3 Å². The molecule has 0 spiro atoms. The van der Waals surface area contributed by atoms with E-state index in [0.29, 0.717) is 0 Å². The van der Waals surface area contributed by atoms with E-state index in [1.54, 1.807) is 19.3 Å². The zero-order chi connectivity index (χ0) is 10.3. The highest BCUT2D eigenvalue weighted by atomic mass is 14.7. The standard InChI is InChI=1S/C15H24/c1-7(2)10-5-9-6-11(10)15-12-4-8(3)13(12)14(9)15/h7-15H,4-6H2,1-3H3. The quantitative estimate of drug-likeness (QED) is 0.609. The molecule has 0 heterocycles. The Bertz CT molecular complexity index is 292. The van der Waals surface area contributed by atoms with Crippen LogP contribution in [0.2, 0.25) is 0 Å². The molecule has 0 saturated heterocycles. The van der Waals surface area contributed by atoms with E-state index in [9.17, 15) is 0 Å². The summed E-state index contributed by atoms with van der Waals surface area (Å²) in [5.74, 6) is 10.3. The second-order valence-electron chi connectivity index (χ2n) is 7.41. The predicted octanol–water partition coefficient (Wildman–Crippen LogP) is 3.82. The average molecular weight is 204 g/mol. The molecule has 0 aliphatic heterocycles.